The zero-order valence-corrected chi connectivity index (χ0v) is 11.4. The van der Waals surface area contributed by atoms with E-state index in [1.165, 1.54) is 16.9 Å². The molecule has 2 atom stereocenters. The van der Waals surface area contributed by atoms with Crippen molar-refractivity contribution in [2.75, 3.05) is 4.90 Å². The number of aromatic nitrogens is 1. The predicted octanol–water partition coefficient (Wildman–Crippen LogP) is 2.64. The second-order valence-corrected chi connectivity index (χ2v) is 5.90. The number of carbonyl (C=O) groups is 1. The normalized spacial score (nSPS) is 26.1. The largest absolute Gasteiger partial charge is 0.515 e. The number of fused-ring (bicyclic) bond motifs is 3. The number of amides is 1. The molecule has 5 heteroatoms. The number of carbonyl (C=O) groups excluding carboxylic acids is 1. The first-order valence-corrected chi connectivity index (χ1v) is 7.34. The van der Waals surface area contributed by atoms with Crippen molar-refractivity contribution >= 4 is 22.4 Å². The van der Waals surface area contributed by atoms with E-state index in [0.717, 1.165) is 18.2 Å². The molecule has 4 rings (SSSR count). The fourth-order valence-corrected chi connectivity index (χ4v) is 4.01. The third kappa shape index (κ3) is 1.41. The molecule has 20 heavy (non-hydrogen) atoms. The molecule has 4 nitrogen and oxygen atoms in total. The smallest absolute Gasteiger partial charge is 0.260 e. The lowest BCUT2D eigenvalue weighted by molar-refractivity contribution is -0.114. The van der Waals surface area contributed by atoms with Gasteiger partial charge in [0.2, 0.25) is 0 Å². The Bertz CT molecular complexity index is 708. The Morgan fingerprint density at radius 2 is 2.25 bits per heavy atom. The van der Waals surface area contributed by atoms with Gasteiger partial charge in [0.1, 0.15) is 0 Å². The van der Waals surface area contributed by atoms with Crippen LogP contribution in [0.25, 0.3) is 0 Å². The van der Waals surface area contributed by atoms with Crippen molar-refractivity contribution in [3.63, 3.8) is 0 Å². The summed E-state index contributed by atoms with van der Waals surface area (Å²) >= 11 is 1.45. The van der Waals surface area contributed by atoms with Crippen molar-refractivity contribution in [1.82, 2.24) is 4.98 Å². The first-order chi connectivity index (χ1) is 9.81. The van der Waals surface area contributed by atoms with E-state index in [-0.39, 0.29) is 17.9 Å². The maximum absolute atomic E-state index is 12.5. The van der Waals surface area contributed by atoms with Crippen molar-refractivity contribution in [3.05, 3.63) is 58.8 Å². The number of rotatable bonds is 1. The van der Waals surface area contributed by atoms with Crippen molar-refractivity contribution in [3.8, 4) is 0 Å². The molecule has 1 N–H and O–H groups in total. The summed E-state index contributed by atoms with van der Waals surface area (Å²) in [6, 6.07) is 8.16. The lowest BCUT2D eigenvalue weighted by Crippen LogP contribution is -2.34. The number of benzene rings is 1. The average molecular weight is 284 g/mol. The fourth-order valence-electron chi connectivity index (χ4n) is 3.31. The molecule has 0 saturated carbocycles. The molecule has 1 amide bonds. The minimum atomic E-state index is -0.132. The molecule has 1 aliphatic carbocycles. The van der Waals surface area contributed by atoms with Crippen LogP contribution in [0.15, 0.2) is 47.7 Å². The van der Waals surface area contributed by atoms with Crippen LogP contribution in [0.4, 0.5) is 5.13 Å². The van der Waals surface area contributed by atoms with Crippen LogP contribution in [0.1, 0.15) is 17.0 Å². The van der Waals surface area contributed by atoms with E-state index in [9.17, 15) is 9.90 Å². The molecule has 2 aliphatic rings. The Morgan fingerprint density at radius 1 is 1.40 bits per heavy atom. The number of aliphatic hydroxyl groups excluding tert-OH is 1. The number of thiazole rings is 1. The Labute approximate surface area is 120 Å². The second-order valence-electron chi connectivity index (χ2n) is 5.02. The van der Waals surface area contributed by atoms with E-state index in [1.807, 2.05) is 23.6 Å². The highest BCUT2D eigenvalue weighted by atomic mass is 32.1. The molecule has 1 aromatic heterocycles. The lowest BCUT2D eigenvalue weighted by atomic mass is 9.94. The zero-order valence-electron chi connectivity index (χ0n) is 10.6. The van der Waals surface area contributed by atoms with Gasteiger partial charge in [0, 0.05) is 17.5 Å². The van der Waals surface area contributed by atoms with Gasteiger partial charge in [0.15, 0.2) is 5.13 Å². The summed E-state index contributed by atoms with van der Waals surface area (Å²) in [6.07, 6.45) is 3.48. The van der Waals surface area contributed by atoms with E-state index >= 15 is 0 Å². The summed E-state index contributed by atoms with van der Waals surface area (Å²) in [5.74, 6) is -0.181. The summed E-state index contributed by atoms with van der Waals surface area (Å²) < 4.78 is 0. The standard InChI is InChI=1S/C15H12N2O2S/c18-8-11-13-10-4-2-1-3-9(10)7-12(13)17(14(11)19)15-16-5-6-20-15/h1-6,8,12-13,18H,7H2. The maximum Gasteiger partial charge on any atom is 0.260 e. The molecule has 2 unspecified atom stereocenters. The zero-order chi connectivity index (χ0) is 13.7. The molecule has 0 spiro atoms. The Balaban J connectivity index is 1.87. The summed E-state index contributed by atoms with van der Waals surface area (Å²) in [4.78, 5) is 18.5. The Morgan fingerprint density at radius 3 is 3.00 bits per heavy atom. The van der Waals surface area contributed by atoms with Crippen LogP contribution in [-0.4, -0.2) is 22.0 Å². The van der Waals surface area contributed by atoms with Gasteiger partial charge in [-0.1, -0.05) is 24.3 Å². The molecular weight excluding hydrogens is 272 g/mol. The molecular formula is C15H12N2O2S. The van der Waals surface area contributed by atoms with Crippen molar-refractivity contribution < 1.29 is 9.90 Å². The summed E-state index contributed by atoms with van der Waals surface area (Å²) in [5, 5.41) is 12.1. The molecule has 2 aromatic rings. The molecule has 1 aliphatic heterocycles. The van der Waals surface area contributed by atoms with Gasteiger partial charge in [0.05, 0.1) is 17.9 Å². The van der Waals surface area contributed by atoms with E-state index in [2.05, 4.69) is 11.1 Å². The fraction of sp³-hybridized carbons (Fsp3) is 0.200. The molecule has 2 heterocycles. The van der Waals surface area contributed by atoms with Crippen LogP contribution < -0.4 is 4.90 Å². The maximum atomic E-state index is 12.5. The van der Waals surface area contributed by atoms with Crippen LogP contribution in [0.2, 0.25) is 0 Å². The van der Waals surface area contributed by atoms with Gasteiger partial charge in [-0.05, 0) is 17.5 Å². The predicted molar refractivity (Wildman–Crippen MR) is 77.0 cm³/mol. The highest BCUT2D eigenvalue weighted by Gasteiger charge is 2.50. The monoisotopic (exact) mass is 284 g/mol. The Hall–Kier alpha value is -2.14. The number of hydrogen-bond donors (Lipinski definition) is 1. The quantitative estimate of drug-likeness (QED) is 0.647. The van der Waals surface area contributed by atoms with Crippen LogP contribution in [0.5, 0.6) is 0 Å². The average Bonchev–Trinajstić information content (AvgIpc) is 3.13. The minimum absolute atomic E-state index is 0.0319. The molecule has 0 bridgehead atoms. The van der Waals surface area contributed by atoms with Crippen LogP contribution >= 0.6 is 11.3 Å². The van der Waals surface area contributed by atoms with Gasteiger partial charge < -0.3 is 5.11 Å². The van der Waals surface area contributed by atoms with Gasteiger partial charge >= 0.3 is 0 Å². The third-order valence-electron chi connectivity index (χ3n) is 4.10. The first-order valence-electron chi connectivity index (χ1n) is 6.46. The van der Waals surface area contributed by atoms with Crippen LogP contribution in [0, 0.1) is 0 Å². The topological polar surface area (TPSA) is 53.4 Å². The first kappa shape index (κ1) is 11.7. The number of hydrogen-bond acceptors (Lipinski definition) is 4. The van der Waals surface area contributed by atoms with E-state index in [0.29, 0.717) is 10.7 Å². The van der Waals surface area contributed by atoms with Crippen molar-refractivity contribution in [2.24, 2.45) is 0 Å². The van der Waals surface area contributed by atoms with Crippen molar-refractivity contribution in [2.45, 2.75) is 18.4 Å². The Kier molecular flexibility index (Phi) is 2.44. The highest BCUT2D eigenvalue weighted by molar-refractivity contribution is 7.13. The highest BCUT2D eigenvalue weighted by Crippen LogP contribution is 2.48. The van der Waals surface area contributed by atoms with E-state index in [4.69, 9.17) is 0 Å². The molecule has 100 valence electrons. The molecule has 1 fully saturated rings. The number of anilines is 1. The third-order valence-corrected chi connectivity index (χ3v) is 4.87. The second kappa shape index (κ2) is 4.18. The van der Waals surface area contributed by atoms with Crippen LogP contribution in [-0.2, 0) is 11.2 Å². The SMILES string of the molecule is O=C1C(=CO)C2c3ccccc3CC2N1c1nccs1. The number of nitrogens with zero attached hydrogens (tertiary/aromatic N) is 2. The van der Waals surface area contributed by atoms with E-state index in [1.54, 1.807) is 11.1 Å². The van der Waals surface area contributed by atoms with Gasteiger partial charge in [-0.2, -0.15) is 0 Å². The van der Waals surface area contributed by atoms with Gasteiger partial charge in [0.25, 0.3) is 5.91 Å². The van der Waals surface area contributed by atoms with Gasteiger partial charge in [-0.3, -0.25) is 9.69 Å². The van der Waals surface area contributed by atoms with Crippen molar-refractivity contribution in [1.29, 1.82) is 0 Å². The summed E-state index contributed by atoms with van der Waals surface area (Å²) in [5.41, 5.74) is 2.86. The molecule has 0 radical (unpaired) electrons. The molecule has 1 saturated heterocycles. The van der Waals surface area contributed by atoms with Gasteiger partial charge in [-0.25, -0.2) is 4.98 Å². The molecule has 1 aromatic carbocycles. The number of aliphatic hydroxyl groups is 1. The lowest BCUT2D eigenvalue weighted by Gasteiger charge is -2.20. The van der Waals surface area contributed by atoms with E-state index < -0.39 is 0 Å². The van der Waals surface area contributed by atoms with Gasteiger partial charge in [-0.15, -0.1) is 11.3 Å². The summed E-state index contributed by atoms with van der Waals surface area (Å²) in [6.45, 7) is 0. The minimum Gasteiger partial charge on any atom is -0.515 e. The summed E-state index contributed by atoms with van der Waals surface area (Å²) in [7, 11) is 0. The van der Waals surface area contributed by atoms with Crippen LogP contribution in [0.3, 0.4) is 0 Å².